The number of hydrogen-bond donors (Lipinski definition) is 1. The van der Waals surface area contributed by atoms with E-state index in [2.05, 4.69) is 11.9 Å². The minimum atomic E-state index is -0.503. The Morgan fingerprint density at radius 2 is 2.16 bits per heavy atom. The second-order valence-corrected chi connectivity index (χ2v) is 4.62. The summed E-state index contributed by atoms with van der Waals surface area (Å²) < 4.78 is 5.57. The Balaban J connectivity index is 2.53. The van der Waals surface area contributed by atoms with Gasteiger partial charge in [0, 0.05) is 0 Å². The Morgan fingerprint density at radius 3 is 2.79 bits per heavy atom. The number of nitrogen functional groups attached to an aromatic ring is 1. The van der Waals surface area contributed by atoms with Crippen molar-refractivity contribution in [1.82, 2.24) is 4.98 Å². The molecule has 0 bridgehead atoms. The first kappa shape index (κ1) is 15.2. The maximum Gasteiger partial charge on any atom is 0.278 e. The van der Waals surface area contributed by atoms with Gasteiger partial charge in [0.05, 0.1) is 23.2 Å². The highest BCUT2D eigenvalue weighted by Gasteiger charge is 2.12. The molecular weight excluding hydrogens is 246 g/mol. The van der Waals surface area contributed by atoms with E-state index in [4.69, 9.17) is 10.5 Å². The first-order valence-electron chi connectivity index (χ1n) is 6.61. The molecule has 0 aliphatic carbocycles. The van der Waals surface area contributed by atoms with Crippen molar-refractivity contribution in [2.24, 2.45) is 0 Å². The van der Waals surface area contributed by atoms with Crippen molar-refractivity contribution in [3.63, 3.8) is 0 Å². The number of ether oxygens (including phenoxy) is 1. The topological polar surface area (TPSA) is 91.3 Å². The molecule has 0 amide bonds. The minimum absolute atomic E-state index is 0.0224. The Labute approximate surface area is 113 Å². The first-order valence-corrected chi connectivity index (χ1v) is 6.61. The SMILES string of the molecule is CCCCCCC(C)Oc1cc([N+](=O)[O-])cc(N)n1. The standard InChI is InChI=1S/C13H21N3O3/c1-3-4-5-6-7-10(2)19-13-9-11(16(17)18)8-12(14)15-13/h8-10H,3-7H2,1-2H3,(H2,14,15). The van der Waals surface area contributed by atoms with Gasteiger partial charge in [-0.3, -0.25) is 10.1 Å². The summed E-state index contributed by atoms with van der Waals surface area (Å²) in [4.78, 5) is 14.2. The molecule has 0 aliphatic rings. The van der Waals surface area contributed by atoms with E-state index in [0.717, 1.165) is 12.8 Å². The van der Waals surface area contributed by atoms with E-state index in [1.165, 1.54) is 31.4 Å². The van der Waals surface area contributed by atoms with E-state index in [-0.39, 0.29) is 23.5 Å². The summed E-state index contributed by atoms with van der Waals surface area (Å²) in [7, 11) is 0. The van der Waals surface area contributed by atoms with E-state index in [0.29, 0.717) is 0 Å². The molecule has 0 aromatic carbocycles. The summed E-state index contributed by atoms with van der Waals surface area (Å²) in [6, 6.07) is 2.53. The first-order chi connectivity index (χ1) is 9.02. The number of unbranched alkanes of at least 4 members (excludes halogenated alkanes) is 3. The van der Waals surface area contributed by atoms with Crippen molar-refractivity contribution in [3.05, 3.63) is 22.2 Å². The zero-order valence-electron chi connectivity index (χ0n) is 11.5. The molecule has 6 nitrogen and oxygen atoms in total. The highest BCUT2D eigenvalue weighted by atomic mass is 16.6. The maximum absolute atomic E-state index is 10.7. The average Bonchev–Trinajstić information content (AvgIpc) is 2.34. The number of nitro groups is 1. The maximum atomic E-state index is 10.7. The molecule has 0 saturated heterocycles. The Kier molecular flexibility index (Phi) is 6.05. The van der Waals surface area contributed by atoms with Crippen molar-refractivity contribution >= 4 is 11.5 Å². The third-order valence-electron chi connectivity index (χ3n) is 2.80. The van der Waals surface area contributed by atoms with E-state index in [9.17, 15) is 10.1 Å². The third kappa shape index (κ3) is 5.54. The predicted octanol–water partition coefficient (Wildman–Crippen LogP) is 3.31. The fourth-order valence-corrected chi connectivity index (χ4v) is 1.80. The van der Waals surface area contributed by atoms with Crippen LogP contribution < -0.4 is 10.5 Å². The van der Waals surface area contributed by atoms with Crippen LogP contribution in [0.2, 0.25) is 0 Å². The summed E-state index contributed by atoms with van der Waals surface area (Å²) in [6.45, 7) is 4.10. The lowest BCUT2D eigenvalue weighted by molar-refractivity contribution is -0.384. The average molecular weight is 267 g/mol. The van der Waals surface area contributed by atoms with Crippen LogP contribution in [0.1, 0.15) is 46.0 Å². The van der Waals surface area contributed by atoms with Crippen molar-refractivity contribution in [2.45, 2.75) is 52.1 Å². The molecule has 106 valence electrons. The number of aromatic nitrogens is 1. The van der Waals surface area contributed by atoms with Crippen LogP contribution in [-0.4, -0.2) is 16.0 Å². The molecule has 1 heterocycles. The van der Waals surface area contributed by atoms with Crippen LogP contribution in [-0.2, 0) is 0 Å². The number of nitrogens with zero attached hydrogens (tertiary/aromatic N) is 2. The molecule has 6 heteroatoms. The molecule has 0 saturated carbocycles. The van der Waals surface area contributed by atoms with Gasteiger partial charge in [0.25, 0.3) is 5.69 Å². The second-order valence-electron chi connectivity index (χ2n) is 4.62. The minimum Gasteiger partial charge on any atom is -0.474 e. The van der Waals surface area contributed by atoms with E-state index < -0.39 is 4.92 Å². The highest BCUT2D eigenvalue weighted by Crippen LogP contribution is 2.22. The summed E-state index contributed by atoms with van der Waals surface area (Å²) in [5.74, 6) is 0.317. The Morgan fingerprint density at radius 1 is 1.42 bits per heavy atom. The normalized spacial score (nSPS) is 12.1. The van der Waals surface area contributed by atoms with Gasteiger partial charge in [-0.1, -0.05) is 26.2 Å². The number of anilines is 1. The number of pyridine rings is 1. The van der Waals surface area contributed by atoms with E-state index in [1.807, 2.05) is 6.92 Å². The van der Waals surface area contributed by atoms with Crippen LogP contribution in [0.5, 0.6) is 5.88 Å². The van der Waals surface area contributed by atoms with Crippen molar-refractivity contribution in [1.29, 1.82) is 0 Å². The molecule has 1 aromatic rings. The van der Waals surface area contributed by atoms with Gasteiger partial charge in [0.15, 0.2) is 0 Å². The Hall–Kier alpha value is -1.85. The molecule has 0 radical (unpaired) electrons. The summed E-state index contributed by atoms with van der Waals surface area (Å²) >= 11 is 0. The number of hydrogen-bond acceptors (Lipinski definition) is 5. The zero-order chi connectivity index (χ0) is 14.3. The van der Waals surface area contributed by atoms with Gasteiger partial charge >= 0.3 is 0 Å². The van der Waals surface area contributed by atoms with E-state index >= 15 is 0 Å². The molecule has 2 N–H and O–H groups in total. The molecule has 1 unspecified atom stereocenters. The van der Waals surface area contributed by atoms with Crippen LogP contribution >= 0.6 is 0 Å². The van der Waals surface area contributed by atoms with Gasteiger partial charge in [-0.2, -0.15) is 4.98 Å². The van der Waals surface area contributed by atoms with Gasteiger partial charge in [0.1, 0.15) is 5.82 Å². The van der Waals surface area contributed by atoms with Gasteiger partial charge in [0.2, 0.25) is 5.88 Å². The fourth-order valence-electron chi connectivity index (χ4n) is 1.80. The smallest absolute Gasteiger partial charge is 0.278 e. The van der Waals surface area contributed by atoms with E-state index in [1.54, 1.807) is 0 Å². The van der Waals surface area contributed by atoms with Gasteiger partial charge in [-0.05, 0) is 19.8 Å². The number of nitrogens with two attached hydrogens (primary N) is 1. The molecule has 19 heavy (non-hydrogen) atoms. The van der Waals surface area contributed by atoms with Gasteiger partial charge in [-0.15, -0.1) is 0 Å². The summed E-state index contributed by atoms with van der Waals surface area (Å²) in [5, 5.41) is 10.7. The molecule has 0 aliphatic heterocycles. The lowest BCUT2D eigenvalue weighted by Gasteiger charge is -2.13. The van der Waals surface area contributed by atoms with Crippen LogP contribution in [0, 0.1) is 10.1 Å². The molecule has 0 fully saturated rings. The largest absolute Gasteiger partial charge is 0.474 e. The van der Waals surface area contributed by atoms with Crippen molar-refractivity contribution in [2.75, 3.05) is 5.73 Å². The van der Waals surface area contributed by atoms with Crippen LogP contribution in [0.4, 0.5) is 11.5 Å². The lowest BCUT2D eigenvalue weighted by atomic mass is 10.1. The van der Waals surface area contributed by atoms with Gasteiger partial charge in [-0.25, -0.2) is 0 Å². The highest BCUT2D eigenvalue weighted by molar-refractivity contribution is 5.45. The molecule has 1 rings (SSSR count). The van der Waals surface area contributed by atoms with Crippen molar-refractivity contribution in [3.8, 4) is 5.88 Å². The number of rotatable bonds is 8. The molecule has 0 spiro atoms. The zero-order valence-corrected chi connectivity index (χ0v) is 11.5. The summed E-state index contributed by atoms with van der Waals surface area (Å²) in [5.41, 5.74) is 5.42. The lowest BCUT2D eigenvalue weighted by Crippen LogP contribution is -2.13. The van der Waals surface area contributed by atoms with Crippen LogP contribution in [0.15, 0.2) is 12.1 Å². The van der Waals surface area contributed by atoms with Crippen molar-refractivity contribution < 1.29 is 9.66 Å². The second kappa shape index (κ2) is 7.56. The quantitative estimate of drug-likeness (QED) is 0.443. The predicted molar refractivity (Wildman–Crippen MR) is 74.2 cm³/mol. The van der Waals surface area contributed by atoms with Crippen LogP contribution in [0.3, 0.4) is 0 Å². The fraction of sp³-hybridized carbons (Fsp3) is 0.615. The Bertz CT molecular complexity index is 424. The molecular formula is C13H21N3O3. The van der Waals surface area contributed by atoms with Crippen LogP contribution in [0.25, 0.3) is 0 Å². The van der Waals surface area contributed by atoms with Gasteiger partial charge < -0.3 is 10.5 Å². The monoisotopic (exact) mass is 267 g/mol. The molecule has 1 atom stereocenters. The molecule has 1 aromatic heterocycles. The third-order valence-corrected chi connectivity index (χ3v) is 2.80. The summed E-state index contributed by atoms with van der Waals surface area (Å²) in [6.07, 6.45) is 5.55.